The standard InChI is InChI=1S/C28H34N2O6/c1-3-17-36-23-9-5-20(6-10-23)25-24(26(31)21-7-11-22(12-8-21)35-4-2)27(32)28(33)30(25)14-13-29-15-18-34-19-16-29/h5-12,25,31H,3-4,13-19H2,1-2H3/b26-24+. The number of ether oxygens (including phenoxy) is 3. The Hall–Kier alpha value is -3.36. The van der Waals surface area contributed by atoms with Gasteiger partial charge in [-0.25, -0.2) is 0 Å². The molecular weight excluding hydrogens is 460 g/mol. The number of aliphatic hydroxyl groups is 1. The van der Waals surface area contributed by atoms with E-state index in [4.69, 9.17) is 14.2 Å². The molecule has 8 nitrogen and oxygen atoms in total. The number of Topliss-reactive ketones (excluding diaryl/α,β-unsaturated/α-hetero) is 1. The number of rotatable bonds is 10. The first-order chi connectivity index (χ1) is 17.5. The van der Waals surface area contributed by atoms with Crippen LogP contribution in [0.15, 0.2) is 54.1 Å². The van der Waals surface area contributed by atoms with Crippen LogP contribution in [0, 0.1) is 0 Å². The highest BCUT2D eigenvalue weighted by Gasteiger charge is 2.46. The van der Waals surface area contributed by atoms with E-state index in [1.165, 1.54) is 0 Å². The van der Waals surface area contributed by atoms with E-state index < -0.39 is 17.7 Å². The number of carbonyl (C=O) groups is 2. The van der Waals surface area contributed by atoms with Gasteiger partial charge in [0.1, 0.15) is 17.3 Å². The van der Waals surface area contributed by atoms with Gasteiger partial charge < -0.3 is 24.2 Å². The summed E-state index contributed by atoms with van der Waals surface area (Å²) in [6, 6.07) is 13.6. The number of hydrogen-bond acceptors (Lipinski definition) is 7. The van der Waals surface area contributed by atoms with Gasteiger partial charge in [0.25, 0.3) is 11.7 Å². The predicted molar refractivity (Wildman–Crippen MR) is 136 cm³/mol. The van der Waals surface area contributed by atoms with Crippen LogP contribution in [0.2, 0.25) is 0 Å². The van der Waals surface area contributed by atoms with Gasteiger partial charge in [-0.15, -0.1) is 0 Å². The lowest BCUT2D eigenvalue weighted by Crippen LogP contribution is -2.42. The second-order valence-corrected chi connectivity index (χ2v) is 8.82. The van der Waals surface area contributed by atoms with Crippen LogP contribution in [0.25, 0.3) is 5.76 Å². The first-order valence-corrected chi connectivity index (χ1v) is 12.6. The van der Waals surface area contributed by atoms with Crippen LogP contribution >= 0.6 is 0 Å². The molecule has 2 aromatic carbocycles. The molecule has 2 fully saturated rings. The molecule has 1 unspecified atom stereocenters. The molecule has 0 radical (unpaired) electrons. The van der Waals surface area contributed by atoms with E-state index in [-0.39, 0.29) is 11.3 Å². The molecule has 8 heteroatoms. The van der Waals surface area contributed by atoms with Crippen molar-refractivity contribution in [3.05, 3.63) is 65.2 Å². The SMILES string of the molecule is CCCOc1ccc(C2/C(=C(\O)c3ccc(OCC)cc3)C(=O)C(=O)N2CCN2CCOCC2)cc1. The summed E-state index contributed by atoms with van der Waals surface area (Å²) in [5.74, 6) is -0.0927. The van der Waals surface area contributed by atoms with Crippen molar-refractivity contribution in [3.63, 3.8) is 0 Å². The summed E-state index contributed by atoms with van der Waals surface area (Å²) in [4.78, 5) is 30.2. The van der Waals surface area contributed by atoms with Crippen LogP contribution in [0.5, 0.6) is 11.5 Å². The zero-order valence-electron chi connectivity index (χ0n) is 20.9. The van der Waals surface area contributed by atoms with Gasteiger partial charge in [0.05, 0.1) is 38.0 Å². The number of amides is 1. The minimum atomic E-state index is -0.696. The van der Waals surface area contributed by atoms with Crippen molar-refractivity contribution >= 4 is 17.4 Å². The van der Waals surface area contributed by atoms with E-state index in [9.17, 15) is 14.7 Å². The first kappa shape index (κ1) is 25.7. The van der Waals surface area contributed by atoms with Gasteiger partial charge in [-0.05, 0) is 55.3 Å². The number of carbonyl (C=O) groups excluding carboxylic acids is 2. The van der Waals surface area contributed by atoms with Gasteiger partial charge in [-0.2, -0.15) is 0 Å². The summed E-state index contributed by atoms with van der Waals surface area (Å²) in [6.07, 6.45) is 0.894. The van der Waals surface area contributed by atoms with Gasteiger partial charge in [0.15, 0.2) is 0 Å². The first-order valence-electron chi connectivity index (χ1n) is 12.6. The Balaban J connectivity index is 1.68. The fourth-order valence-electron chi connectivity index (χ4n) is 4.53. The molecule has 0 bridgehead atoms. The number of aliphatic hydroxyl groups excluding tert-OH is 1. The van der Waals surface area contributed by atoms with E-state index in [1.54, 1.807) is 29.2 Å². The maximum absolute atomic E-state index is 13.3. The van der Waals surface area contributed by atoms with E-state index in [0.29, 0.717) is 50.8 Å². The molecule has 2 heterocycles. The van der Waals surface area contributed by atoms with Gasteiger partial charge in [-0.1, -0.05) is 19.1 Å². The molecule has 2 aliphatic rings. The fraction of sp³-hybridized carbons (Fsp3) is 0.429. The summed E-state index contributed by atoms with van der Waals surface area (Å²) in [7, 11) is 0. The maximum atomic E-state index is 13.3. The Kier molecular flexibility index (Phi) is 8.61. The third-order valence-electron chi connectivity index (χ3n) is 6.41. The Morgan fingerprint density at radius 2 is 1.58 bits per heavy atom. The molecule has 1 atom stereocenters. The molecule has 36 heavy (non-hydrogen) atoms. The molecular formula is C28H34N2O6. The number of ketones is 1. The van der Waals surface area contributed by atoms with Crippen LogP contribution in [0.1, 0.15) is 37.4 Å². The minimum absolute atomic E-state index is 0.0911. The molecule has 4 rings (SSSR count). The van der Waals surface area contributed by atoms with Gasteiger partial charge in [0, 0.05) is 31.7 Å². The predicted octanol–water partition coefficient (Wildman–Crippen LogP) is 3.63. The molecule has 0 aliphatic carbocycles. The van der Waals surface area contributed by atoms with E-state index in [0.717, 1.165) is 30.8 Å². The average molecular weight is 495 g/mol. The second kappa shape index (κ2) is 12.1. The molecule has 2 aromatic rings. The Morgan fingerprint density at radius 1 is 0.944 bits per heavy atom. The van der Waals surface area contributed by atoms with Gasteiger partial charge in [0.2, 0.25) is 0 Å². The van der Waals surface area contributed by atoms with E-state index >= 15 is 0 Å². The van der Waals surface area contributed by atoms with Crippen LogP contribution < -0.4 is 9.47 Å². The van der Waals surface area contributed by atoms with Crippen LogP contribution in [-0.4, -0.2) is 79.2 Å². The van der Waals surface area contributed by atoms with Crippen molar-refractivity contribution in [1.82, 2.24) is 9.80 Å². The molecule has 192 valence electrons. The third-order valence-corrected chi connectivity index (χ3v) is 6.41. The highest BCUT2D eigenvalue weighted by molar-refractivity contribution is 6.46. The summed E-state index contributed by atoms with van der Waals surface area (Å²) in [5.41, 5.74) is 1.29. The molecule has 2 saturated heterocycles. The Morgan fingerprint density at radius 3 is 2.22 bits per heavy atom. The quantitative estimate of drug-likeness (QED) is 0.307. The molecule has 1 N–H and O–H groups in total. The van der Waals surface area contributed by atoms with E-state index in [1.807, 2.05) is 38.1 Å². The number of morpholine rings is 1. The minimum Gasteiger partial charge on any atom is -0.507 e. The zero-order valence-corrected chi connectivity index (χ0v) is 20.9. The number of benzene rings is 2. The topological polar surface area (TPSA) is 88.5 Å². The number of hydrogen-bond donors (Lipinski definition) is 1. The summed E-state index contributed by atoms with van der Waals surface area (Å²) >= 11 is 0. The molecule has 2 aliphatic heterocycles. The highest BCUT2D eigenvalue weighted by atomic mass is 16.5. The average Bonchev–Trinajstić information content (AvgIpc) is 3.16. The number of nitrogens with zero attached hydrogens (tertiary/aromatic N) is 2. The summed E-state index contributed by atoms with van der Waals surface area (Å²) < 4.78 is 16.6. The molecule has 0 saturated carbocycles. The highest BCUT2D eigenvalue weighted by Crippen LogP contribution is 2.40. The lowest BCUT2D eigenvalue weighted by Gasteiger charge is -2.31. The molecule has 0 aromatic heterocycles. The van der Waals surface area contributed by atoms with Gasteiger partial charge >= 0.3 is 0 Å². The van der Waals surface area contributed by atoms with Crippen molar-refractivity contribution < 1.29 is 28.9 Å². The van der Waals surface area contributed by atoms with Crippen molar-refractivity contribution in [2.75, 3.05) is 52.6 Å². The van der Waals surface area contributed by atoms with Crippen LogP contribution in [0.3, 0.4) is 0 Å². The van der Waals surface area contributed by atoms with Gasteiger partial charge in [-0.3, -0.25) is 14.5 Å². The lowest BCUT2D eigenvalue weighted by atomic mass is 9.95. The normalized spacial score (nSPS) is 20.1. The number of likely N-dealkylation sites (tertiary alicyclic amines) is 1. The monoisotopic (exact) mass is 494 g/mol. The Bertz CT molecular complexity index is 1070. The van der Waals surface area contributed by atoms with Crippen LogP contribution in [-0.2, 0) is 14.3 Å². The van der Waals surface area contributed by atoms with Crippen molar-refractivity contribution in [2.45, 2.75) is 26.3 Å². The molecule has 0 spiro atoms. The smallest absolute Gasteiger partial charge is 0.295 e. The van der Waals surface area contributed by atoms with Crippen molar-refractivity contribution in [1.29, 1.82) is 0 Å². The zero-order chi connectivity index (χ0) is 25.5. The lowest BCUT2D eigenvalue weighted by molar-refractivity contribution is -0.140. The van der Waals surface area contributed by atoms with Crippen molar-refractivity contribution in [3.8, 4) is 11.5 Å². The largest absolute Gasteiger partial charge is 0.507 e. The fourth-order valence-corrected chi connectivity index (χ4v) is 4.53. The Labute approximate surface area is 212 Å². The maximum Gasteiger partial charge on any atom is 0.295 e. The van der Waals surface area contributed by atoms with Crippen LogP contribution in [0.4, 0.5) is 0 Å². The van der Waals surface area contributed by atoms with Crippen molar-refractivity contribution in [2.24, 2.45) is 0 Å². The second-order valence-electron chi connectivity index (χ2n) is 8.82. The summed E-state index contributed by atoms with van der Waals surface area (Å²) in [6.45, 7) is 8.92. The third kappa shape index (κ3) is 5.71. The van der Waals surface area contributed by atoms with E-state index in [2.05, 4.69) is 4.90 Å². The summed E-state index contributed by atoms with van der Waals surface area (Å²) in [5, 5.41) is 11.3. The molecule has 1 amide bonds.